The first-order valence-electron chi connectivity index (χ1n) is 13.3. The minimum absolute atomic E-state index is 0.345. The lowest BCUT2D eigenvalue weighted by atomic mass is 9.72. The second kappa shape index (κ2) is 10.7. The van der Waals surface area contributed by atoms with Gasteiger partial charge in [-0.1, -0.05) is 43.4 Å². The van der Waals surface area contributed by atoms with Gasteiger partial charge in [-0.05, 0) is 62.7 Å². The van der Waals surface area contributed by atoms with Crippen molar-refractivity contribution in [2.45, 2.75) is 70.2 Å². The molecule has 186 valence electrons. The van der Waals surface area contributed by atoms with Gasteiger partial charge in [0.2, 0.25) is 0 Å². The molecule has 0 amide bonds. The molecule has 6 rings (SSSR count). The SMILES string of the molecule is CC12C=CCC(N)C1CNC2.CC1NCC2C(N)CC=CC12.CC1NCC2C=CCC(N)C21. The Morgan fingerprint density at radius 1 is 0.788 bits per heavy atom. The summed E-state index contributed by atoms with van der Waals surface area (Å²) in [6, 6.07) is 2.39. The Morgan fingerprint density at radius 2 is 1.48 bits per heavy atom. The highest BCUT2D eigenvalue weighted by molar-refractivity contribution is 5.14. The molecule has 0 saturated carbocycles. The monoisotopic (exact) mass is 456 g/mol. The Kier molecular flexibility index (Phi) is 8.14. The summed E-state index contributed by atoms with van der Waals surface area (Å²) in [5.41, 5.74) is 18.4. The van der Waals surface area contributed by atoms with Gasteiger partial charge in [0.1, 0.15) is 0 Å². The zero-order valence-corrected chi connectivity index (χ0v) is 20.9. The second-order valence-corrected chi connectivity index (χ2v) is 11.6. The molecule has 11 atom stereocenters. The number of hydrogen-bond acceptors (Lipinski definition) is 6. The van der Waals surface area contributed by atoms with Crippen molar-refractivity contribution in [3.05, 3.63) is 36.5 Å². The summed E-state index contributed by atoms with van der Waals surface area (Å²) >= 11 is 0. The number of rotatable bonds is 0. The van der Waals surface area contributed by atoms with Crippen LogP contribution in [0.4, 0.5) is 0 Å². The van der Waals surface area contributed by atoms with E-state index in [1.165, 1.54) is 0 Å². The van der Waals surface area contributed by atoms with Crippen LogP contribution in [0.25, 0.3) is 0 Å². The summed E-state index contributed by atoms with van der Waals surface area (Å²) < 4.78 is 0. The predicted molar refractivity (Wildman–Crippen MR) is 139 cm³/mol. The van der Waals surface area contributed by atoms with Gasteiger partial charge in [0.05, 0.1) is 0 Å². The summed E-state index contributed by atoms with van der Waals surface area (Å²) in [4.78, 5) is 0. The summed E-state index contributed by atoms with van der Waals surface area (Å²) in [6.45, 7) is 11.2. The van der Waals surface area contributed by atoms with Gasteiger partial charge >= 0.3 is 0 Å². The molecular formula is C27H48N6. The van der Waals surface area contributed by atoms with E-state index in [0.29, 0.717) is 65.2 Å². The van der Waals surface area contributed by atoms with E-state index in [2.05, 4.69) is 73.2 Å². The predicted octanol–water partition coefficient (Wildman–Crippen LogP) is 1.49. The average molecular weight is 457 g/mol. The third-order valence-corrected chi connectivity index (χ3v) is 9.24. The van der Waals surface area contributed by atoms with Crippen LogP contribution in [-0.2, 0) is 0 Å². The second-order valence-electron chi connectivity index (χ2n) is 11.6. The van der Waals surface area contributed by atoms with Gasteiger partial charge in [-0.2, -0.15) is 0 Å². The third kappa shape index (κ3) is 5.47. The van der Waals surface area contributed by atoms with Crippen LogP contribution in [0.15, 0.2) is 36.5 Å². The van der Waals surface area contributed by atoms with Crippen molar-refractivity contribution in [2.24, 2.45) is 52.2 Å². The largest absolute Gasteiger partial charge is 0.327 e. The zero-order chi connectivity index (χ0) is 23.6. The number of fused-ring (bicyclic) bond motifs is 3. The van der Waals surface area contributed by atoms with Gasteiger partial charge < -0.3 is 33.2 Å². The van der Waals surface area contributed by atoms with Crippen LogP contribution in [0.2, 0.25) is 0 Å². The molecule has 3 aliphatic carbocycles. The Labute approximate surface area is 201 Å². The van der Waals surface area contributed by atoms with Crippen LogP contribution in [0.3, 0.4) is 0 Å². The van der Waals surface area contributed by atoms with Crippen LogP contribution < -0.4 is 33.2 Å². The van der Waals surface area contributed by atoms with Crippen molar-refractivity contribution in [3.63, 3.8) is 0 Å². The lowest BCUT2D eigenvalue weighted by Gasteiger charge is -2.34. The van der Waals surface area contributed by atoms with E-state index in [0.717, 1.165) is 45.4 Å². The van der Waals surface area contributed by atoms with E-state index in [1.807, 2.05) is 0 Å². The topological polar surface area (TPSA) is 114 Å². The van der Waals surface area contributed by atoms with Crippen LogP contribution in [-0.4, -0.2) is 56.4 Å². The van der Waals surface area contributed by atoms with Gasteiger partial charge in [-0.3, -0.25) is 0 Å². The van der Waals surface area contributed by atoms with Gasteiger partial charge in [-0.15, -0.1) is 0 Å². The molecule has 0 aromatic heterocycles. The Bertz CT molecular complexity index is 732. The van der Waals surface area contributed by atoms with E-state index in [1.54, 1.807) is 0 Å². The fourth-order valence-corrected chi connectivity index (χ4v) is 7.04. The highest BCUT2D eigenvalue weighted by Gasteiger charge is 2.41. The number of hydrogen-bond donors (Lipinski definition) is 6. The smallest absolute Gasteiger partial charge is 0.0123 e. The average Bonchev–Trinajstić information content (AvgIpc) is 3.48. The molecule has 0 aromatic rings. The first kappa shape index (κ1) is 25.1. The van der Waals surface area contributed by atoms with E-state index < -0.39 is 0 Å². The first-order chi connectivity index (χ1) is 15.8. The van der Waals surface area contributed by atoms with Gasteiger partial charge in [-0.25, -0.2) is 0 Å². The molecule has 0 spiro atoms. The van der Waals surface area contributed by atoms with Crippen molar-refractivity contribution < 1.29 is 0 Å². The molecular weight excluding hydrogens is 408 g/mol. The summed E-state index contributed by atoms with van der Waals surface area (Å²) in [5.74, 6) is 3.43. The Morgan fingerprint density at radius 3 is 2.21 bits per heavy atom. The van der Waals surface area contributed by atoms with Crippen molar-refractivity contribution in [3.8, 4) is 0 Å². The van der Waals surface area contributed by atoms with Gasteiger partial charge in [0, 0.05) is 61.8 Å². The highest BCUT2D eigenvalue weighted by Crippen LogP contribution is 2.38. The standard InChI is InChI=1S/3C9H16N2/c1-9-4-2-3-8(10)7(9)5-11-6-9;1-6-7-3-2-4-9(10)8(7)5-11-6;1-6-9-7(5-11-6)3-2-4-8(9)10/h2,4,7-8,11H,3,5-6,10H2,1H3;2*2-3,6-9,11H,4-5,10H2,1H3. The minimum atomic E-state index is 0.345. The van der Waals surface area contributed by atoms with Crippen molar-refractivity contribution in [1.82, 2.24) is 16.0 Å². The molecule has 0 radical (unpaired) electrons. The molecule has 6 heteroatoms. The van der Waals surface area contributed by atoms with Crippen LogP contribution >= 0.6 is 0 Å². The Balaban J connectivity index is 0.000000118. The molecule has 3 fully saturated rings. The maximum Gasteiger partial charge on any atom is 0.0123 e. The number of nitrogens with two attached hydrogens (primary N) is 3. The molecule has 9 N–H and O–H groups in total. The fourth-order valence-electron chi connectivity index (χ4n) is 7.04. The maximum absolute atomic E-state index is 6.02. The van der Waals surface area contributed by atoms with Crippen LogP contribution in [0.1, 0.15) is 40.0 Å². The van der Waals surface area contributed by atoms with Gasteiger partial charge in [0.15, 0.2) is 0 Å². The molecule has 3 aliphatic heterocycles. The first-order valence-corrected chi connectivity index (χ1v) is 13.3. The van der Waals surface area contributed by atoms with Gasteiger partial charge in [0.25, 0.3) is 0 Å². The van der Waals surface area contributed by atoms with E-state index in [4.69, 9.17) is 17.2 Å². The summed E-state index contributed by atoms with van der Waals surface area (Å²) in [5, 5.41) is 10.3. The van der Waals surface area contributed by atoms with E-state index in [9.17, 15) is 0 Å². The molecule has 6 aliphatic rings. The molecule has 3 saturated heterocycles. The molecule has 0 bridgehead atoms. The number of nitrogens with one attached hydrogen (secondary N) is 3. The summed E-state index contributed by atoms with van der Waals surface area (Å²) in [6.07, 6.45) is 16.9. The van der Waals surface area contributed by atoms with Crippen molar-refractivity contribution in [2.75, 3.05) is 26.2 Å². The Hall–Kier alpha value is -1.02. The molecule has 33 heavy (non-hydrogen) atoms. The molecule has 3 heterocycles. The third-order valence-electron chi connectivity index (χ3n) is 9.24. The van der Waals surface area contributed by atoms with E-state index in [-0.39, 0.29) is 0 Å². The lowest BCUT2D eigenvalue weighted by molar-refractivity contribution is 0.270. The van der Waals surface area contributed by atoms with Crippen molar-refractivity contribution >= 4 is 0 Å². The quantitative estimate of drug-likeness (QED) is 0.308. The lowest BCUT2D eigenvalue weighted by Crippen LogP contribution is -2.41. The fraction of sp³-hybridized carbons (Fsp3) is 0.778. The zero-order valence-electron chi connectivity index (χ0n) is 20.9. The molecule has 11 unspecified atom stereocenters. The normalized spacial score (nSPS) is 49.3. The van der Waals surface area contributed by atoms with E-state index >= 15 is 0 Å². The minimum Gasteiger partial charge on any atom is -0.327 e. The molecule has 6 nitrogen and oxygen atoms in total. The van der Waals surface area contributed by atoms with Crippen LogP contribution in [0, 0.1) is 35.0 Å². The maximum atomic E-state index is 6.02. The van der Waals surface area contributed by atoms with Crippen molar-refractivity contribution in [1.29, 1.82) is 0 Å². The summed E-state index contributed by atoms with van der Waals surface area (Å²) in [7, 11) is 0. The highest BCUT2D eigenvalue weighted by atomic mass is 15.0. The van der Waals surface area contributed by atoms with Crippen LogP contribution in [0.5, 0.6) is 0 Å². The molecule has 0 aromatic carbocycles.